The largest absolute Gasteiger partial charge is 0.456 e. The molecule has 5 heteroatoms. The third kappa shape index (κ3) is 5.54. The van der Waals surface area contributed by atoms with Gasteiger partial charge in [0.05, 0.1) is 11.2 Å². The summed E-state index contributed by atoms with van der Waals surface area (Å²) in [5.74, 6) is 0. The zero-order chi connectivity index (χ0) is 46.4. The van der Waals surface area contributed by atoms with Crippen LogP contribution < -0.4 is 16.2 Å². The first kappa shape index (κ1) is 40.5. The first-order valence-electron chi connectivity index (χ1n) is 24.7. The molecule has 3 aromatic heterocycles. The van der Waals surface area contributed by atoms with Crippen LogP contribution >= 0.6 is 11.3 Å². The number of nitrogens with zero attached hydrogens (tertiary/aromatic N) is 1. The molecule has 0 radical (unpaired) electrons. The molecule has 4 heterocycles. The van der Waals surface area contributed by atoms with Crippen molar-refractivity contribution >= 4 is 105 Å². The Bertz CT molecular complexity index is 4030. The van der Waals surface area contributed by atoms with Gasteiger partial charge in [0.1, 0.15) is 11.2 Å². The molecule has 2 aliphatic carbocycles. The predicted octanol–water partition coefficient (Wildman–Crippen LogP) is 16.1. The van der Waals surface area contributed by atoms with E-state index in [2.05, 4.69) is 206 Å². The van der Waals surface area contributed by atoms with Crippen molar-refractivity contribution in [3.8, 4) is 27.9 Å². The van der Waals surface area contributed by atoms with E-state index in [1.54, 1.807) is 0 Å². The van der Waals surface area contributed by atoms with Crippen molar-refractivity contribution in [2.45, 2.75) is 96.8 Å². The molecule has 8 aromatic carbocycles. The second kappa shape index (κ2) is 13.4. The number of aromatic nitrogens is 1. The SMILES string of the molecule is CC(C)(C)c1ccc(Nc2cc3oc4cc5c(cc4c3cc2-c2ccc3c4cc6c(cc4n4c3c2Bc2cc3c(cc2-4)sc2ccccc23)C(C)(C)c2ccccc2-6)C(C)(C)CCC5(C)C)cc1. The summed E-state index contributed by atoms with van der Waals surface area (Å²) in [4.78, 5) is 0. The van der Waals surface area contributed by atoms with Crippen LogP contribution in [0.15, 0.2) is 138 Å². The fourth-order valence-corrected chi connectivity index (χ4v) is 13.9. The fourth-order valence-electron chi connectivity index (χ4n) is 12.8. The Hall–Kier alpha value is -6.56. The molecule has 1 N–H and O–H groups in total. The lowest BCUT2D eigenvalue weighted by atomic mass is 9.59. The Morgan fingerprint density at radius 2 is 1.26 bits per heavy atom. The molecular formula is C63H55BN2OS. The minimum atomic E-state index is -0.115. The molecule has 68 heavy (non-hydrogen) atoms. The molecule has 332 valence electrons. The highest BCUT2D eigenvalue weighted by Gasteiger charge is 2.39. The van der Waals surface area contributed by atoms with Gasteiger partial charge in [0.15, 0.2) is 7.28 Å². The van der Waals surface area contributed by atoms with Gasteiger partial charge in [-0.2, -0.15) is 0 Å². The van der Waals surface area contributed by atoms with Crippen molar-refractivity contribution in [2.24, 2.45) is 0 Å². The Balaban J connectivity index is 1.06. The van der Waals surface area contributed by atoms with E-state index in [0.29, 0.717) is 0 Å². The summed E-state index contributed by atoms with van der Waals surface area (Å²) in [5.41, 5.74) is 22.9. The van der Waals surface area contributed by atoms with Crippen molar-refractivity contribution in [3.05, 3.63) is 161 Å². The average molecular weight is 899 g/mol. The molecule has 0 saturated carbocycles. The molecule has 0 bridgehead atoms. The van der Waals surface area contributed by atoms with E-state index in [-0.39, 0.29) is 21.7 Å². The maximum absolute atomic E-state index is 6.96. The molecule has 0 atom stereocenters. The fraction of sp³-hybridized carbons (Fsp3) is 0.238. The van der Waals surface area contributed by atoms with Gasteiger partial charge in [0, 0.05) is 70.3 Å². The van der Waals surface area contributed by atoms with Crippen LogP contribution in [-0.4, -0.2) is 11.8 Å². The third-order valence-electron chi connectivity index (χ3n) is 16.8. The van der Waals surface area contributed by atoms with Crippen LogP contribution in [0.3, 0.4) is 0 Å². The lowest BCUT2D eigenvalue weighted by molar-refractivity contribution is 0.332. The molecule has 0 amide bonds. The van der Waals surface area contributed by atoms with Gasteiger partial charge in [0.25, 0.3) is 0 Å². The summed E-state index contributed by atoms with van der Waals surface area (Å²) < 4.78 is 12.3. The summed E-state index contributed by atoms with van der Waals surface area (Å²) in [6.45, 7) is 21.3. The molecule has 0 fully saturated rings. The number of hydrogen-bond donors (Lipinski definition) is 1. The molecular weight excluding hydrogens is 844 g/mol. The Kier molecular flexibility index (Phi) is 7.96. The number of hydrogen-bond acceptors (Lipinski definition) is 3. The minimum absolute atomic E-state index is 0.0617. The molecule has 0 unspecified atom stereocenters. The topological polar surface area (TPSA) is 30.1 Å². The lowest BCUT2D eigenvalue weighted by Crippen LogP contribution is -2.37. The number of nitrogens with one attached hydrogen (secondary N) is 1. The number of benzene rings is 8. The molecule has 14 rings (SSSR count). The van der Waals surface area contributed by atoms with E-state index in [9.17, 15) is 0 Å². The number of rotatable bonds is 3. The van der Waals surface area contributed by atoms with Crippen molar-refractivity contribution in [1.29, 1.82) is 0 Å². The second-order valence-corrected chi connectivity index (χ2v) is 24.4. The third-order valence-corrected chi connectivity index (χ3v) is 18.0. The van der Waals surface area contributed by atoms with Gasteiger partial charge in [-0.1, -0.05) is 141 Å². The number of fused-ring (bicyclic) bond motifs is 15. The normalized spacial score (nSPS) is 16.4. The van der Waals surface area contributed by atoms with Gasteiger partial charge in [-0.25, -0.2) is 0 Å². The van der Waals surface area contributed by atoms with Gasteiger partial charge in [-0.15, -0.1) is 11.3 Å². The predicted molar refractivity (Wildman–Crippen MR) is 294 cm³/mol. The zero-order valence-corrected chi connectivity index (χ0v) is 41.4. The maximum atomic E-state index is 6.96. The highest BCUT2D eigenvalue weighted by atomic mass is 32.1. The first-order valence-corrected chi connectivity index (χ1v) is 25.5. The summed E-state index contributed by atoms with van der Waals surface area (Å²) >= 11 is 1.91. The average Bonchev–Trinajstić information content (AvgIpc) is 4.02. The van der Waals surface area contributed by atoms with Crippen LogP contribution in [0.1, 0.15) is 103 Å². The quantitative estimate of drug-likeness (QED) is 0.179. The van der Waals surface area contributed by atoms with Gasteiger partial charge in [-0.3, -0.25) is 0 Å². The van der Waals surface area contributed by atoms with Crippen LogP contribution in [0.4, 0.5) is 11.4 Å². The van der Waals surface area contributed by atoms with Gasteiger partial charge in [-0.05, 0) is 139 Å². The van der Waals surface area contributed by atoms with Crippen molar-refractivity contribution < 1.29 is 4.42 Å². The van der Waals surface area contributed by atoms with Crippen molar-refractivity contribution in [1.82, 2.24) is 4.57 Å². The first-order chi connectivity index (χ1) is 32.5. The van der Waals surface area contributed by atoms with E-state index in [1.165, 1.54) is 126 Å². The lowest BCUT2D eigenvalue weighted by Gasteiger charge is -2.41. The summed E-state index contributed by atoms with van der Waals surface area (Å²) in [6, 6.07) is 51.5. The molecule has 3 aliphatic rings. The smallest absolute Gasteiger partial charge is 0.198 e. The Morgan fingerprint density at radius 3 is 2.06 bits per heavy atom. The minimum Gasteiger partial charge on any atom is -0.456 e. The van der Waals surface area contributed by atoms with Gasteiger partial charge >= 0.3 is 0 Å². The Labute approximate surface area is 403 Å². The van der Waals surface area contributed by atoms with E-state index >= 15 is 0 Å². The highest BCUT2D eigenvalue weighted by Crippen LogP contribution is 2.53. The summed E-state index contributed by atoms with van der Waals surface area (Å²) in [6.07, 6.45) is 2.33. The molecule has 0 saturated heterocycles. The summed E-state index contributed by atoms with van der Waals surface area (Å²) in [5, 5.41) is 11.6. The summed E-state index contributed by atoms with van der Waals surface area (Å²) in [7, 11) is 0.827. The van der Waals surface area contributed by atoms with Crippen molar-refractivity contribution in [3.63, 3.8) is 0 Å². The molecule has 0 spiro atoms. The van der Waals surface area contributed by atoms with Crippen LogP contribution in [0, 0.1) is 0 Å². The van der Waals surface area contributed by atoms with Crippen LogP contribution in [0.25, 0.3) is 91.9 Å². The Morgan fingerprint density at radius 1 is 0.559 bits per heavy atom. The molecule has 3 nitrogen and oxygen atoms in total. The van der Waals surface area contributed by atoms with Gasteiger partial charge in [0.2, 0.25) is 0 Å². The maximum Gasteiger partial charge on any atom is 0.198 e. The van der Waals surface area contributed by atoms with E-state index in [0.717, 1.165) is 36.2 Å². The van der Waals surface area contributed by atoms with Crippen LogP contribution in [0.2, 0.25) is 0 Å². The van der Waals surface area contributed by atoms with Gasteiger partial charge < -0.3 is 14.3 Å². The molecule has 11 aromatic rings. The zero-order valence-electron chi connectivity index (χ0n) is 40.6. The van der Waals surface area contributed by atoms with Crippen LogP contribution in [0.5, 0.6) is 0 Å². The van der Waals surface area contributed by atoms with Crippen molar-refractivity contribution in [2.75, 3.05) is 5.32 Å². The number of anilines is 2. The monoisotopic (exact) mass is 898 g/mol. The molecule has 1 aliphatic heterocycles. The standard InChI is InChI=1S/C63H55BN2OS/c1-60(2,3)34-18-20-35(21-19-34)65-51-32-55-43(44-28-48-49(31-54(44)67-55)62(6,7)25-24-61(48,4)5)27-41(51)38-22-23-39-42-26-40-36-14-10-12-16-46(36)63(8,9)47(40)30-52(42)66-53-33-57-45(29-50(53)64-58(38)59(39)66)37-15-11-13-17-56(37)68-57/h10-23,26-33,64-65H,24-25H2,1-9H3. The van der Waals surface area contributed by atoms with E-state index in [1.807, 2.05) is 11.3 Å². The number of thiophene rings is 1. The van der Waals surface area contributed by atoms with Crippen LogP contribution in [-0.2, 0) is 21.7 Å². The second-order valence-electron chi connectivity index (χ2n) is 23.3. The number of furan rings is 1. The highest BCUT2D eigenvalue weighted by molar-refractivity contribution is 7.25. The van der Waals surface area contributed by atoms with E-state index in [4.69, 9.17) is 4.42 Å². The van der Waals surface area contributed by atoms with E-state index < -0.39 is 0 Å².